The van der Waals surface area contributed by atoms with Crippen molar-refractivity contribution >= 4 is 22.3 Å². The zero-order chi connectivity index (χ0) is 20.8. The summed E-state index contributed by atoms with van der Waals surface area (Å²) in [6, 6.07) is 18.6. The second kappa shape index (κ2) is 6.63. The van der Waals surface area contributed by atoms with Gasteiger partial charge in [0, 0.05) is 18.1 Å². The minimum Gasteiger partial charge on any atom is -0.448 e. The molecular weight excluding hydrogens is 383 g/mol. The van der Waals surface area contributed by atoms with Gasteiger partial charge in [-0.15, -0.1) is 0 Å². The van der Waals surface area contributed by atoms with E-state index in [0.29, 0.717) is 11.1 Å². The lowest BCUT2D eigenvalue weighted by Gasteiger charge is -2.38. The van der Waals surface area contributed by atoms with Gasteiger partial charge in [-0.2, -0.15) is 13.2 Å². The van der Waals surface area contributed by atoms with Crippen LogP contribution in [0, 0.1) is 0 Å². The maximum absolute atomic E-state index is 13.9. The minimum absolute atomic E-state index is 0.0487. The van der Waals surface area contributed by atoms with Gasteiger partial charge in [-0.1, -0.05) is 54.6 Å². The van der Waals surface area contributed by atoms with E-state index in [9.17, 15) is 23.1 Å². The molecule has 0 saturated heterocycles. The van der Waals surface area contributed by atoms with Crippen LogP contribution in [0.1, 0.15) is 18.1 Å². The lowest BCUT2D eigenvalue weighted by Crippen LogP contribution is -2.57. The smallest absolute Gasteiger partial charge is 0.448 e. The van der Waals surface area contributed by atoms with E-state index >= 15 is 0 Å². The lowest BCUT2D eigenvalue weighted by atomic mass is 9.88. The Kier molecular flexibility index (Phi) is 4.35. The van der Waals surface area contributed by atoms with Crippen LogP contribution in [0.2, 0.25) is 0 Å². The van der Waals surface area contributed by atoms with Gasteiger partial charge in [0.25, 0.3) is 0 Å². The molecule has 2 N–H and O–H groups in total. The first-order valence-corrected chi connectivity index (χ1v) is 8.80. The number of hydrogen-bond donors (Lipinski definition) is 2. The Morgan fingerprint density at radius 3 is 2.34 bits per heavy atom. The van der Waals surface area contributed by atoms with Crippen LogP contribution < -0.4 is 10.1 Å². The summed E-state index contributed by atoms with van der Waals surface area (Å²) in [4.78, 5) is 11.7. The fourth-order valence-electron chi connectivity index (χ4n) is 3.44. The number of para-hydroxylation sites is 1. The number of carbonyl (C=O) groups is 1. The van der Waals surface area contributed by atoms with Crippen LogP contribution in [-0.2, 0) is 4.79 Å². The Hall–Kier alpha value is -3.32. The highest BCUT2D eigenvalue weighted by atomic mass is 19.4. The first-order chi connectivity index (χ1) is 13.7. The van der Waals surface area contributed by atoms with E-state index in [-0.39, 0.29) is 11.3 Å². The predicted molar refractivity (Wildman–Crippen MR) is 102 cm³/mol. The number of aliphatic hydroxyl groups is 1. The van der Waals surface area contributed by atoms with E-state index in [1.807, 2.05) is 24.3 Å². The third-order valence-electron chi connectivity index (χ3n) is 4.73. The average Bonchev–Trinajstić information content (AvgIpc) is 2.67. The predicted octanol–water partition coefficient (Wildman–Crippen LogP) is 4.38. The van der Waals surface area contributed by atoms with Gasteiger partial charge in [0.2, 0.25) is 5.91 Å². The zero-order valence-electron chi connectivity index (χ0n) is 15.2. The van der Waals surface area contributed by atoms with Crippen molar-refractivity contribution in [3.05, 3.63) is 83.6 Å². The molecular formula is C22H16F3NO3. The first-order valence-electron chi connectivity index (χ1n) is 8.80. The summed E-state index contributed by atoms with van der Waals surface area (Å²) in [6.45, 7) is 1.07. The van der Waals surface area contributed by atoms with Crippen molar-refractivity contribution in [2.75, 3.05) is 0 Å². The van der Waals surface area contributed by atoms with Crippen molar-refractivity contribution in [1.29, 1.82) is 0 Å². The third kappa shape index (κ3) is 3.13. The van der Waals surface area contributed by atoms with E-state index < -0.39 is 23.6 Å². The van der Waals surface area contributed by atoms with Crippen molar-refractivity contribution in [3.63, 3.8) is 0 Å². The third-order valence-corrected chi connectivity index (χ3v) is 4.73. The lowest BCUT2D eigenvalue weighted by molar-refractivity contribution is -0.318. The number of nitrogens with one attached hydrogen (secondary N) is 1. The fourth-order valence-corrected chi connectivity index (χ4v) is 3.44. The molecule has 0 saturated carbocycles. The normalized spacial score (nSPS) is 18.9. The van der Waals surface area contributed by atoms with Crippen LogP contribution in [0.5, 0.6) is 5.75 Å². The van der Waals surface area contributed by atoms with Gasteiger partial charge in [-0.05, 0) is 28.5 Å². The fraction of sp³-hybridized carbons (Fsp3) is 0.136. The molecule has 0 spiro atoms. The Balaban J connectivity index is 2.08. The van der Waals surface area contributed by atoms with Gasteiger partial charge >= 0.3 is 12.0 Å². The quantitative estimate of drug-likeness (QED) is 0.673. The monoisotopic (exact) mass is 399 g/mol. The molecule has 1 unspecified atom stereocenters. The number of hydrogen-bond acceptors (Lipinski definition) is 3. The molecule has 1 amide bonds. The highest BCUT2D eigenvalue weighted by Gasteiger charge is 2.62. The highest BCUT2D eigenvalue weighted by molar-refractivity contribution is 5.94. The average molecular weight is 399 g/mol. The number of fused-ring (bicyclic) bond motifs is 2. The summed E-state index contributed by atoms with van der Waals surface area (Å²) in [6.07, 6.45) is -5.19. The molecule has 7 heteroatoms. The Morgan fingerprint density at radius 2 is 1.66 bits per heavy atom. The van der Waals surface area contributed by atoms with E-state index in [1.54, 1.807) is 30.3 Å². The SMILES string of the molecule is CC(=O)NC1=C(c2ccc3ccccc3c2)c2ccccc2OC1(O)C(F)(F)F. The summed E-state index contributed by atoms with van der Waals surface area (Å²) in [5.74, 6) is -4.60. The topological polar surface area (TPSA) is 58.6 Å². The maximum atomic E-state index is 13.9. The Labute approximate surface area is 164 Å². The summed E-state index contributed by atoms with van der Waals surface area (Å²) < 4.78 is 46.7. The molecule has 1 aliphatic rings. The van der Waals surface area contributed by atoms with Crippen molar-refractivity contribution in [3.8, 4) is 5.75 Å². The number of carbonyl (C=O) groups excluding carboxylic acids is 1. The number of rotatable bonds is 2. The van der Waals surface area contributed by atoms with Crippen LogP contribution >= 0.6 is 0 Å². The molecule has 3 aromatic carbocycles. The summed E-state index contributed by atoms with van der Waals surface area (Å²) >= 11 is 0. The number of alkyl halides is 3. The van der Waals surface area contributed by atoms with Gasteiger partial charge < -0.3 is 15.2 Å². The number of benzene rings is 3. The maximum Gasteiger partial charge on any atom is 0.462 e. The molecule has 1 atom stereocenters. The molecule has 29 heavy (non-hydrogen) atoms. The number of halogens is 3. The molecule has 1 heterocycles. The second-order valence-electron chi connectivity index (χ2n) is 6.73. The standard InChI is InChI=1S/C22H16F3NO3/c1-13(27)26-20-19(16-11-10-14-6-2-3-7-15(14)12-16)17-8-4-5-9-18(17)29-21(20,28)22(23,24)25/h2-12,28H,1H3,(H,26,27). The van der Waals surface area contributed by atoms with Crippen LogP contribution in [0.25, 0.3) is 16.3 Å². The van der Waals surface area contributed by atoms with Gasteiger partial charge in [-0.3, -0.25) is 4.79 Å². The van der Waals surface area contributed by atoms with Crippen molar-refractivity contribution in [2.45, 2.75) is 18.9 Å². The van der Waals surface area contributed by atoms with Crippen LogP contribution in [0.15, 0.2) is 72.4 Å². The van der Waals surface area contributed by atoms with Crippen molar-refractivity contribution in [1.82, 2.24) is 5.32 Å². The van der Waals surface area contributed by atoms with Crippen molar-refractivity contribution < 1.29 is 27.8 Å². The Bertz CT molecular complexity index is 1150. The molecule has 0 radical (unpaired) electrons. The van der Waals surface area contributed by atoms with Gasteiger partial charge in [0.15, 0.2) is 0 Å². The summed E-state index contributed by atoms with van der Waals surface area (Å²) in [5.41, 5.74) is 0.0328. The first kappa shape index (κ1) is 19.0. The van der Waals surface area contributed by atoms with Gasteiger partial charge in [0.1, 0.15) is 11.4 Å². The van der Waals surface area contributed by atoms with E-state index in [0.717, 1.165) is 17.7 Å². The van der Waals surface area contributed by atoms with E-state index in [4.69, 9.17) is 4.74 Å². The molecule has 0 aromatic heterocycles. The second-order valence-corrected chi connectivity index (χ2v) is 6.73. The Morgan fingerprint density at radius 1 is 1.00 bits per heavy atom. The minimum atomic E-state index is -5.19. The van der Waals surface area contributed by atoms with Gasteiger partial charge in [0.05, 0.1) is 0 Å². The van der Waals surface area contributed by atoms with E-state index in [1.165, 1.54) is 12.1 Å². The molecule has 0 aliphatic carbocycles. The van der Waals surface area contributed by atoms with Gasteiger partial charge in [-0.25, -0.2) is 0 Å². The molecule has 1 aliphatic heterocycles. The molecule has 4 nitrogen and oxygen atoms in total. The highest BCUT2D eigenvalue weighted by Crippen LogP contribution is 2.48. The van der Waals surface area contributed by atoms with Crippen molar-refractivity contribution in [2.24, 2.45) is 0 Å². The molecule has 0 bridgehead atoms. The molecule has 3 aromatic rings. The molecule has 148 valence electrons. The number of ether oxygens (including phenoxy) is 1. The summed E-state index contributed by atoms with van der Waals surface area (Å²) in [5, 5.41) is 14.5. The molecule has 0 fully saturated rings. The largest absolute Gasteiger partial charge is 0.462 e. The van der Waals surface area contributed by atoms with Crippen LogP contribution in [0.3, 0.4) is 0 Å². The molecule has 4 rings (SSSR count). The number of amides is 1. The van der Waals surface area contributed by atoms with Crippen LogP contribution in [-0.4, -0.2) is 23.0 Å². The summed E-state index contributed by atoms with van der Waals surface area (Å²) in [7, 11) is 0. The van der Waals surface area contributed by atoms with Crippen LogP contribution in [0.4, 0.5) is 13.2 Å². The zero-order valence-corrected chi connectivity index (χ0v) is 15.2. The van der Waals surface area contributed by atoms with E-state index in [2.05, 4.69) is 5.32 Å².